The average Bonchev–Trinajstić information content (AvgIpc) is 2.70. The second-order valence-electron chi connectivity index (χ2n) is 7.15. The highest BCUT2D eigenvalue weighted by molar-refractivity contribution is 6.30. The van der Waals surface area contributed by atoms with E-state index >= 15 is 0 Å². The topological polar surface area (TPSA) is 49.4 Å². The molecule has 0 aliphatic carbocycles. The maximum absolute atomic E-state index is 13.0. The molecule has 3 rings (SSSR count). The molecule has 1 heterocycles. The second-order valence-corrected chi connectivity index (χ2v) is 7.59. The molecule has 0 bridgehead atoms. The van der Waals surface area contributed by atoms with Gasteiger partial charge in [-0.25, -0.2) is 4.39 Å². The molecule has 1 aliphatic rings. The van der Waals surface area contributed by atoms with E-state index in [2.05, 4.69) is 5.32 Å². The van der Waals surface area contributed by atoms with Gasteiger partial charge in [-0.1, -0.05) is 35.9 Å². The van der Waals surface area contributed by atoms with Crippen molar-refractivity contribution in [3.8, 4) is 0 Å². The quantitative estimate of drug-likeness (QED) is 0.799. The molecule has 2 aromatic rings. The van der Waals surface area contributed by atoms with Crippen LogP contribution in [0.2, 0.25) is 5.02 Å². The summed E-state index contributed by atoms with van der Waals surface area (Å²) >= 11 is 5.87. The zero-order valence-corrected chi connectivity index (χ0v) is 16.4. The number of nitrogens with zero attached hydrogens (tertiary/aromatic N) is 1. The Kier molecular flexibility index (Phi) is 7.04. The van der Waals surface area contributed by atoms with Crippen molar-refractivity contribution in [1.82, 2.24) is 10.2 Å². The Morgan fingerprint density at radius 3 is 2.25 bits per heavy atom. The van der Waals surface area contributed by atoms with Crippen LogP contribution in [0.3, 0.4) is 0 Å². The standard InChI is InChI=1S/C22H24ClFN2O2/c23-18-6-1-16(2-7-18)5-10-21(27)25-20-11-13-26(14-12-20)22(28)15-17-3-8-19(24)9-4-17/h1-4,6-9,20H,5,10-15H2,(H,25,27). The van der Waals surface area contributed by atoms with Gasteiger partial charge in [-0.3, -0.25) is 9.59 Å². The first kappa shape index (κ1) is 20.3. The summed E-state index contributed by atoms with van der Waals surface area (Å²) in [5.41, 5.74) is 1.89. The first-order valence-corrected chi connectivity index (χ1v) is 9.93. The predicted molar refractivity (Wildman–Crippen MR) is 108 cm³/mol. The number of hydrogen-bond donors (Lipinski definition) is 1. The van der Waals surface area contributed by atoms with Crippen LogP contribution in [-0.4, -0.2) is 35.8 Å². The Morgan fingerprint density at radius 2 is 1.61 bits per heavy atom. The lowest BCUT2D eigenvalue weighted by molar-refractivity contribution is -0.131. The number of aryl methyl sites for hydroxylation is 1. The van der Waals surface area contributed by atoms with Crippen LogP contribution in [0.25, 0.3) is 0 Å². The van der Waals surface area contributed by atoms with Crippen LogP contribution in [-0.2, 0) is 22.4 Å². The van der Waals surface area contributed by atoms with Gasteiger partial charge in [-0.2, -0.15) is 0 Å². The number of carbonyl (C=O) groups excluding carboxylic acids is 2. The summed E-state index contributed by atoms with van der Waals surface area (Å²) in [5.74, 6) is -0.228. The van der Waals surface area contributed by atoms with Crippen molar-refractivity contribution in [2.75, 3.05) is 13.1 Å². The van der Waals surface area contributed by atoms with Crippen LogP contribution in [0, 0.1) is 5.82 Å². The van der Waals surface area contributed by atoms with Gasteiger partial charge in [-0.15, -0.1) is 0 Å². The summed E-state index contributed by atoms with van der Waals surface area (Å²) in [7, 11) is 0. The highest BCUT2D eigenvalue weighted by Crippen LogP contribution is 2.14. The highest BCUT2D eigenvalue weighted by Gasteiger charge is 2.23. The monoisotopic (exact) mass is 402 g/mol. The molecule has 1 fully saturated rings. The van der Waals surface area contributed by atoms with E-state index in [0.29, 0.717) is 31.0 Å². The largest absolute Gasteiger partial charge is 0.353 e. The van der Waals surface area contributed by atoms with Crippen molar-refractivity contribution in [3.63, 3.8) is 0 Å². The summed E-state index contributed by atoms with van der Waals surface area (Å²) < 4.78 is 13.0. The number of hydrogen-bond acceptors (Lipinski definition) is 2. The summed E-state index contributed by atoms with van der Waals surface area (Å²) in [6, 6.07) is 13.6. The van der Waals surface area contributed by atoms with E-state index in [4.69, 9.17) is 11.6 Å². The van der Waals surface area contributed by atoms with Crippen LogP contribution in [0.1, 0.15) is 30.4 Å². The van der Waals surface area contributed by atoms with E-state index in [1.807, 2.05) is 29.2 Å². The summed E-state index contributed by atoms with van der Waals surface area (Å²) in [6.45, 7) is 1.25. The summed E-state index contributed by atoms with van der Waals surface area (Å²) in [5, 5.41) is 3.76. The lowest BCUT2D eigenvalue weighted by atomic mass is 10.0. The molecular weight excluding hydrogens is 379 g/mol. The molecule has 148 valence electrons. The van der Waals surface area contributed by atoms with Crippen molar-refractivity contribution >= 4 is 23.4 Å². The van der Waals surface area contributed by atoms with Crippen LogP contribution in [0.5, 0.6) is 0 Å². The van der Waals surface area contributed by atoms with Gasteiger partial charge in [0.25, 0.3) is 0 Å². The minimum Gasteiger partial charge on any atom is -0.353 e. The van der Waals surface area contributed by atoms with E-state index in [0.717, 1.165) is 24.0 Å². The maximum Gasteiger partial charge on any atom is 0.226 e. The highest BCUT2D eigenvalue weighted by atomic mass is 35.5. The van der Waals surface area contributed by atoms with Crippen LogP contribution in [0.15, 0.2) is 48.5 Å². The number of halogens is 2. The molecule has 28 heavy (non-hydrogen) atoms. The summed E-state index contributed by atoms with van der Waals surface area (Å²) in [4.78, 5) is 26.4. The van der Waals surface area contributed by atoms with Crippen molar-refractivity contribution in [2.24, 2.45) is 0 Å². The molecule has 0 aromatic heterocycles. The van der Waals surface area contributed by atoms with Crippen LogP contribution in [0.4, 0.5) is 4.39 Å². The van der Waals surface area contributed by atoms with Gasteiger partial charge >= 0.3 is 0 Å². The zero-order chi connectivity index (χ0) is 19.9. The third kappa shape index (κ3) is 6.06. The normalized spacial score (nSPS) is 14.7. The Hall–Kier alpha value is -2.40. The van der Waals surface area contributed by atoms with Gasteiger partial charge in [0.2, 0.25) is 11.8 Å². The van der Waals surface area contributed by atoms with Crippen LogP contribution >= 0.6 is 11.6 Å². The fourth-order valence-electron chi connectivity index (χ4n) is 3.37. The van der Waals surface area contributed by atoms with Gasteiger partial charge in [0.05, 0.1) is 6.42 Å². The number of carbonyl (C=O) groups is 2. The molecule has 1 saturated heterocycles. The Labute approximate surface area is 169 Å². The molecule has 2 amide bonds. The zero-order valence-electron chi connectivity index (χ0n) is 15.7. The maximum atomic E-state index is 13.0. The SMILES string of the molecule is O=C(CCc1ccc(Cl)cc1)NC1CCN(C(=O)Cc2ccc(F)cc2)CC1. The number of benzene rings is 2. The van der Waals surface area contributed by atoms with Crippen molar-refractivity contribution < 1.29 is 14.0 Å². The molecule has 6 heteroatoms. The number of rotatable bonds is 6. The first-order chi connectivity index (χ1) is 13.5. The van der Waals surface area contributed by atoms with E-state index in [-0.39, 0.29) is 30.1 Å². The Morgan fingerprint density at radius 1 is 1.00 bits per heavy atom. The molecule has 0 atom stereocenters. The van der Waals surface area contributed by atoms with E-state index in [1.54, 1.807) is 12.1 Å². The molecule has 0 radical (unpaired) electrons. The predicted octanol–water partition coefficient (Wildman–Crippen LogP) is 3.76. The van der Waals surface area contributed by atoms with Crippen LogP contribution < -0.4 is 5.32 Å². The van der Waals surface area contributed by atoms with Crippen molar-refractivity contribution in [3.05, 3.63) is 70.5 Å². The molecule has 0 unspecified atom stereocenters. The van der Waals surface area contributed by atoms with E-state index in [9.17, 15) is 14.0 Å². The fourth-order valence-corrected chi connectivity index (χ4v) is 3.50. The Bertz CT molecular complexity index is 800. The van der Waals surface area contributed by atoms with Gasteiger partial charge in [0, 0.05) is 30.6 Å². The number of nitrogens with one attached hydrogen (secondary N) is 1. The molecule has 1 aliphatic heterocycles. The van der Waals surface area contributed by atoms with Gasteiger partial charge in [0.1, 0.15) is 5.82 Å². The van der Waals surface area contributed by atoms with Crippen molar-refractivity contribution in [1.29, 1.82) is 0 Å². The lowest BCUT2D eigenvalue weighted by Crippen LogP contribution is -2.47. The fraction of sp³-hybridized carbons (Fsp3) is 0.364. The first-order valence-electron chi connectivity index (χ1n) is 9.55. The lowest BCUT2D eigenvalue weighted by Gasteiger charge is -2.32. The van der Waals surface area contributed by atoms with E-state index < -0.39 is 0 Å². The minimum atomic E-state index is -0.302. The molecule has 1 N–H and O–H groups in total. The average molecular weight is 403 g/mol. The van der Waals surface area contributed by atoms with Gasteiger partial charge < -0.3 is 10.2 Å². The third-order valence-corrected chi connectivity index (χ3v) is 5.29. The summed E-state index contributed by atoms with van der Waals surface area (Å²) in [6.07, 6.45) is 2.89. The number of piperidine rings is 1. The second kappa shape index (κ2) is 9.69. The molecule has 0 saturated carbocycles. The molecular formula is C22H24ClFN2O2. The number of likely N-dealkylation sites (tertiary alicyclic amines) is 1. The smallest absolute Gasteiger partial charge is 0.226 e. The Balaban J connectivity index is 1.38. The third-order valence-electron chi connectivity index (χ3n) is 5.04. The van der Waals surface area contributed by atoms with Crippen molar-refractivity contribution in [2.45, 2.75) is 38.1 Å². The van der Waals surface area contributed by atoms with Gasteiger partial charge in [0.15, 0.2) is 0 Å². The molecule has 4 nitrogen and oxygen atoms in total. The molecule has 2 aromatic carbocycles. The number of amides is 2. The molecule has 0 spiro atoms. The van der Waals surface area contributed by atoms with E-state index in [1.165, 1.54) is 12.1 Å². The minimum absolute atomic E-state index is 0.0334. The van der Waals surface area contributed by atoms with Gasteiger partial charge in [-0.05, 0) is 54.7 Å².